The molecule has 53 heavy (non-hydrogen) atoms. The molecule has 0 bridgehead atoms. The lowest BCUT2D eigenvalue weighted by molar-refractivity contribution is -0.150. The van der Waals surface area contributed by atoms with Crippen LogP contribution in [-0.4, -0.2) is 37.8 Å². The van der Waals surface area contributed by atoms with Crippen LogP contribution in [0.5, 0.6) is 0 Å². The van der Waals surface area contributed by atoms with E-state index in [9.17, 15) is 19.2 Å². The summed E-state index contributed by atoms with van der Waals surface area (Å²) in [7, 11) is 2.65. The minimum absolute atomic E-state index is 0.224. The van der Waals surface area contributed by atoms with E-state index >= 15 is 0 Å². The van der Waals surface area contributed by atoms with Gasteiger partial charge in [0.1, 0.15) is 5.92 Å². The number of ether oxygens (including phenoxy) is 2. The average Bonchev–Trinajstić information content (AvgIpc) is 3.44. The fourth-order valence-electron chi connectivity index (χ4n) is 8.80. The summed E-state index contributed by atoms with van der Waals surface area (Å²) in [5, 5.41) is 0. The van der Waals surface area contributed by atoms with E-state index in [1.807, 2.05) is 0 Å². The van der Waals surface area contributed by atoms with Crippen LogP contribution in [0.25, 0.3) is 0 Å². The number of allylic oxidation sites excluding steroid dienone is 1. The van der Waals surface area contributed by atoms with Crippen molar-refractivity contribution in [2.45, 2.75) is 213 Å². The van der Waals surface area contributed by atoms with Gasteiger partial charge in [-0.05, 0) is 31.3 Å². The van der Waals surface area contributed by atoms with Crippen LogP contribution in [0.3, 0.4) is 0 Å². The molecular formula is C46H79NO6. The predicted molar refractivity (Wildman–Crippen MR) is 217 cm³/mol. The van der Waals surface area contributed by atoms with Gasteiger partial charge in [-0.25, -0.2) is 4.79 Å². The van der Waals surface area contributed by atoms with Crippen LogP contribution < -0.4 is 5.73 Å². The lowest BCUT2D eigenvalue weighted by Gasteiger charge is -2.28. The SMILES string of the molecule is CCCCCCCCCCCCCCCCC1=C(C(=O)OC)C2=C(C(=O)C(C(=O)OC)C2CCCCCCCCCCCCCCCC)C(C(N)=O)C1. The number of methoxy groups -OCH3 is 2. The second kappa shape index (κ2) is 28.9. The number of esters is 2. The average molecular weight is 742 g/mol. The van der Waals surface area contributed by atoms with Gasteiger partial charge >= 0.3 is 11.9 Å². The summed E-state index contributed by atoms with van der Waals surface area (Å²) in [6, 6.07) is 0. The van der Waals surface area contributed by atoms with Crippen molar-refractivity contribution in [3.8, 4) is 0 Å². The van der Waals surface area contributed by atoms with Gasteiger partial charge < -0.3 is 15.2 Å². The Bertz CT molecular complexity index is 1140. The molecule has 2 rings (SSSR count). The molecule has 2 aliphatic carbocycles. The van der Waals surface area contributed by atoms with Gasteiger partial charge in [-0.15, -0.1) is 0 Å². The largest absolute Gasteiger partial charge is 0.468 e. The standard InChI is InChI=1S/C46H79NO6/c1-5-7-9-11-13-15-17-19-21-23-25-27-29-31-33-36-35-38(44(47)49)41-40(39(36)45(50)52-3)37(42(43(41)48)46(51)53-4)34-32-30-28-26-24-22-20-18-16-14-12-10-8-6-2/h37-38,42H,5-35H2,1-4H3,(H2,47,49). The fourth-order valence-corrected chi connectivity index (χ4v) is 8.80. The van der Waals surface area contributed by atoms with E-state index in [0.717, 1.165) is 44.1 Å². The molecule has 0 spiro atoms. The van der Waals surface area contributed by atoms with E-state index in [0.29, 0.717) is 24.0 Å². The minimum Gasteiger partial charge on any atom is -0.468 e. The summed E-state index contributed by atoms with van der Waals surface area (Å²) >= 11 is 0. The van der Waals surface area contributed by atoms with E-state index in [4.69, 9.17) is 15.2 Å². The van der Waals surface area contributed by atoms with Crippen molar-refractivity contribution in [2.75, 3.05) is 14.2 Å². The highest BCUT2D eigenvalue weighted by Gasteiger charge is 2.53. The molecule has 1 amide bonds. The third kappa shape index (κ3) is 16.9. The molecule has 7 nitrogen and oxygen atoms in total. The Labute approximate surface area is 324 Å². The first-order valence-corrected chi connectivity index (χ1v) is 22.3. The Kier molecular flexibility index (Phi) is 25.5. The Balaban J connectivity index is 1.96. The summed E-state index contributed by atoms with van der Waals surface area (Å²) in [6.07, 6.45) is 36.4. The Hall–Kier alpha value is -2.44. The number of ketones is 1. The van der Waals surface area contributed by atoms with Gasteiger partial charge in [0.25, 0.3) is 0 Å². The number of primary amides is 1. The molecule has 2 aliphatic rings. The molecule has 0 radical (unpaired) electrons. The van der Waals surface area contributed by atoms with Crippen molar-refractivity contribution in [2.24, 2.45) is 23.5 Å². The quantitative estimate of drug-likeness (QED) is 0.0407. The maximum absolute atomic E-state index is 13.9. The first-order valence-electron chi connectivity index (χ1n) is 22.3. The molecule has 3 unspecified atom stereocenters. The van der Waals surface area contributed by atoms with Crippen molar-refractivity contribution in [3.63, 3.8) is 0 Å². The van der Waals surface area contributed by atoms with Gasteiger partial charge in [0.2, 0.25) is 5.91 Å². The molecular weight excluding hydrogens is 663 g/mol. The van der Waals surface area contributed by atoms with Gasteiger partial charge in [-0.3, -0.25) is 14.4 Å². The Morgan fingerprint density at radius 2 is 0.962 bits per heavy atom. The zero-order chi connectivity index (χ0) is 38.7. The molecule has 0 aromatic carbocycles. The maximum atomic E-state index is 13.9. The maximum Gasteiger partial charge on any atom is 0.338 e. The minimum atomic E-state index is -1.06. The molecule has 0 aromatic heterocycles. The van der Waals surface area contributed by atoms with E-state index in [1.165, 1.54) is 155 Å². The summed E-state index contributed by atoms with van der Waals surface area (Å²) in [4.78, 5) is 53.4. The third-order valence-electron chi connectivity index (χ3n) is 11.9. The fraction of sp³-hybridized carbons (Fsp3) is 0.826. The van der Waals surface area contributed by atoms with E-state index in [2.05, 4.69) is 13.8 Å². The zero-order valence-corrected chi connectivity index (χ0v) is 34.7. The van der Waals surface area contributed by atoms with Crippen molar-refractivity contribution in [3.05, 3.63) is 22.3 Å². The molecule has 0 heterocycles. The molecule has 304 valence electrons. The topological polar surface area (TPSA) is 113 Å². The van der Waals surface area contributed by atoms with Crippen molar-refractivity contribution < 1.29 is 28.7 Å². The second-order valence-electron chi connectivity index (χ2n) is 16.2. The van der Waals surface area contributed by atoms with Gasteiger partial charge in [0, 0.05) is 11.5 Å². The monoisotopic (exact) mass is 742 g/mol. The first-order chi connectivity index (χ1) is 25.8. The number of amides is 1. The number of unbranched alkanes of at least 4 members (excludes halogenated alkanes) is 26. The van der Waals surface area contributed by atoms with Crippen LogP contribution in [0.4, 0.5) is 0 Å². The normalized spacial score (nSPS) is 18.5. The number of rotatable bonds is 33. The van der Waals surface area contributed by atoms with E-state index in [1.54, 1.807) is 0 Å². The molecule has 0 aromatic rings. The van der Waals surface area contributed by atoms with Crippen molar-refractivity contribution in [1.82, 2.24) is 0 Å². The van der Waals surface area contributed by atoms with Crippen LogP contribution in [-0.2, 0) is 28.7 Å². The summed E-state index contributed by atoms with van der Waals surface area (Å²) in [5.74, 6) is -4.54. The highest BCUT2D eigenvalue weighted by Crippen LogP contribution is 2.50. The number of carbonyl (C=O) groups is 4. The Morgan fingerprint density at radius 3 is 1.34 bits per heavy atom. The van der Waals surface area contributed by atoms with Gasteiger partial charge in [-0.2, -0.15) is 0 Å². The third-order valence-corrected chi connectivity index (χ3v) is 11.9. The van der Waals surface area contributed by atoms with Gasteiger partial charge in [-0.1, -0.05) is 193 Å². The van der Waals surface area contributed by atoms with E-state index < -0.39 is 41.4 Å². The molecule has 0 fully saturated rings. The molecule has 3 atom stereocenters. The highest BCUT2D eigenvalue weighted by atomic mass is 16.5. The Morgan fingerprint density at radius 1 is 0.566 bits per heavy atom. The van der Waals surface area contributed by atoms with Crippen LogP contribution in [0.2, 0.25) is 0 Å². The number of hydrogen-bond donors (Lipinski definition) is 1. The molecule has 0 saturated carbocycles. The molecule has 0 aliphatic heterocycles. The zero-order valence-electron chi connectivity index (χ0n) is 34.7. The lowest BCUT2D eigenvalue weighted by Crippen LogP contribution is -2.33. The number of hydrogen-bond acceptors (Lipinski definition) is 6. The van der Waals surface area contributed by atoms with Crippen molar-refractivity contribution in [1.29, 1.82) is 0 Å². The van der Waals surface area contributed by atoms with Crippen LogP contribution >= 0.6 is 0 Å². The second-order valence-corrected chi connectivity index (χ2v) is 16.2. The van der Waals surface area contributed by atoms with Crippen LogP contribution in [0.1, 0.15) is 213 Å². The molecule has 7 heteroatoms. The number of nitrogens with two attached hydrogens (primary N) is 1. The van der Waals surface area contributed by atoms with E-state index in [-0.39, 0.29) is 12.0 Å². The molecule has 0 saturated heterocycles. The van der Waals surface area contributed by atoms with Crippen LogP contribution in [0, 0.1) is 17.8 Å². The predicted octanol–water partition coefficient (Wildman–Crippen LogP) is 12.0. The van der Waals surface area contributed by atoms with Gasteiger partial charge in [0.15, 0.2) is 5.78 Å². The van der Waals surface area contributed by atoms with Gasteiger partial charge in [0.05, 0.1) is 25.7 Å². The smallest absolute Gasteiger partial charge is 0.338 e. The summed E-state index contributed by atoms with van der Waals surface area (Å²) in [5.41, 5.74) is 7.95. The molecule has 2 N–H and O–H groups in total. The summed E-state index contributed by atoms with van der Waals surface area (Å²) < 4.78 is 10.4. The van der Waals surface area contributed by atoms with Crippen LogP contribution in [0.15, 0.2) is 22.3 Å². The number of Topliss-reactive ketones (excluding diaryl/α,β-unsaturated/α-hetero) is 1. The number of carbonyl (C=O) groups excluding carboxylic acids is 4. The highest BCUT2D eigenvalue weighted by molar-refractivity contribution is 6.17. The first kappa shape index (κ1) is 46.7. The summed E-state index contributed by atoms with van der Waals surface area (Å²) in [6.45, 7) is 4.52. The van der Waals surface area contributed by atoms with Crippen molar-refractivity contribution >= 4 is 23.6 Å². The lowest BCUT2D eigenvalue weighted by atomic mass is 9.75.